The fourth-order valence-corrected chi connectivity index (χ4v) is 5.62. The molecule has 1 aromatic carbocycles. The highest BCUT2D eigenvalue weighted by Crippen LogP contribution is 2.50. The number of rotatable bonds is 2. The first-order valence-corrected chi connectivity index (χ1v) is 11.3. The number of amides is 3. The van der Waals surface area contributed by atoms with Crippen LogP contribution in [0, 0.1) is 11.2 Å². The number of morpholine rings is 1. The number of halogens is 1. The monoisotopic (exact) mass is 472 g/mol. The maximum Gasteiger partial charge on any atom is 0.276 e. The van der Waals surface area contributed by atoms with Gasteiger partial charge in [-0.25, -0.2) is 4.39 Å². The average molecular weight is 472 g/mol. The molecule has 0 bridgehead atoms. The van der Waals surface area contributed by atoms with Crippen molar-refractivity contribution in [3.05, 3.63) is 23.1 Å². The van der Waals surface area contributed by atoms with Crippen LogP contribution < -0.4 is 10.2 Å². The molecule has 1 N–H and O–H groups in total. The molecular formula is C23H25FN4O6. The summed E-state index contributed by atoms with van der Waals surface area (Å²) in [5.74, 6) is -3.05. The molecule has 1 spiro atoms. The summed E-state index contributed by atoms with van der Waals surface area (Å²) in [6.07, 6.45) is -1.49. The van der Waals surface area contributed by atoms with Crippen LogP contribution in [0.5, 0.6) is 0 Å². The number of nitrogens with one attached hydrogen (secondary N) is 1. The van der Waals surface area contributed by atoms with E-state index in [1.54, 1.807) is 31.9 Å². The van der Waals surface area contributed by atoms with E-state index in [4.69, 9.17) is 9.26 Å². The maximum absolute atomic E-state index is 16.0. The van der Waals surface area contributed by atoms with Crippen molar-refractivity contribution in [1.82, 2.24) is 15.4 Å². The Morgan fingerprint density at radius 3 is 2.76 bits per heavy atom. The van der Waals surface area contributed by atoms with Crippen LogP contribution >= 0.6 is 0 Å². The van der Waals surface area contributed by atoms with E-state index in [-0.39, 0.29) is 41.4 Å². The third-order valence-corrected chi connectivity index (χ3v) is 7.20. The lowest BCUT2D eigenvalue weighted by molar-refractivity contribution is -0.158. The topological polar surface area (TPSA) is 122 Å². The summed E-state index contributed by atoms with van der Waals surface area (Å²) in [6, 6.07) is 0.750. The summed E-state index contributed by atoms with van der Waals surface area (Å²) in [7, 11) is 1.59. The number of ketones is 1. The molecule has 34 heavy (non-hydrogen) atoms. The minimum Gasteiger partial charge on any atom is -0.372 e. The lowest BCUT2D eigenvalue weighted by atomic mass is 9.63. The first-order chi connectivity index (χ1) is 16.1. The van der Waals surface area contributed by atoms with Gasteiger partial charge in [0.2, 0.25) is 17.4 Å². The molecule has 2 aromatic rings. The largest absolute Gasteiger partial charge is 0.372 e. The van der Waals surface area contributed by atoms with E-state index >= 15 is 4.39 Å². The predicted molar refractivity (Wildman–Crippen MR) is 117 cm³/mol. The molecule has 3 aliphatic rings. The lowest BCUT2D eigenvalue weighted by Gasteiger charge is -2.55. The minimum absolute atomic E-state index is 0.0458. The molecule has 3 amide bonds. The Morgan fingerprint density at radius 2 is 2.09 bits per heavy atom. The Labute approximate surface area is 194 Å². The second-order valence-electron chi connectivity index (χ2n) is 9.30. The highest BCUT2D eigenvalue weighted by molar-refractivity contribution is 6.22. The molecular weight excluding hydrogens is 447 g/mol. The van der Waals surface area contributed by atoms with Gasteiger partial charge in [0.15, 0.2) is 17.3 Å². The van der Waals surface area contributed by atoms with Crippen LogP contribution in [-0.4, -0.2) is 71.9 Å². The molecule has 2 saturated heterocycles. The van der Waals surface area contributed by atoms with Gasteiger partial charge in [0.25, 0.3) is 5.91 Å². The molecule has 4 heterocycles. The van der Waals surface area contributed by atoms with Gasteiger partial charge in [-0.2, -0.15) is 0 Å². The predicted octanol–water partition coefficient (Wildman–Crippen LogP) is 1.20. The molecule has 1 aromatic heterocycles. The smallest absolute Gasteiger partial charge is 0.276 e. The molecule has 2 fully saturated rings. The Morgan fingerprint density at radius 1 is 1.35 bits per heavy atom. The molecule has 1 unspecified atom stereocenters. The number of anilines is 1. The molecule has 3 aliphatic heterocycles. The van der Waals surface area contributed by atoms with Crippen LogP contribution in [0.2, 0.25) is 0 Å². The molecule has 4 atom stereocenters. The normalized spacial score (nSPS) is 28.7. The van der Waals surface area contributed by atoms with Gasteiger partial charge in [-0.3, -0.25) is 24.5 Å². The molecule has 0 aliphatic carbocycles. The number of nitrogens with zero attached hydrogens (tertiary/aromatic N) is 3. The number of Topliss-reactive ketones (excluding diaryl/α,β-unsaturated/α-hetero) is 1. The lowest BCUT2D eigenvalue weighted by Crippen LogP contribution is -2.72. The number of carbonyl (C=O) groups excluding carboxylic acids is 4. The second-order valence-corrected chi connectivity index (χ2v) is 9.30. The number of imide groups is 1. The number of hydrogen-bond acceptors (Lipinski definition) is 8. The summed E-state index contributed by atoms with van der Waals surface area (Å²) in [5.41, 5.74) is -1.28. The maximum atomic E-state index is 16.0. The number of fused-ring (bicyclic) bond motifs is 5. The van der Waals surface area contributed by atoms with Crippen LogP contribution in [0.1, 0.15) is 43.2 Å². The zero-order chi connectivity index (χ0) is 24.5. The van der Waals surface area contributed by atoms with E-state index in [0.29, 0.717) is 12.1 Å². The van der Waals surface area contributed by atoms with Crippen molar-refractivity contribution in [2.45, 2.75) is 51.9 Å². The summed E-state index contributed by atoms with van der Waals surface area (Å²) in [5, 5.41) is 6.30. The second kappa shape index (κ2) is 7.59. The summed E-state index contributed by atoms with van der Waals surface area (Å²) in [6.45, 7) is 5.99. The third-order valence-electron chi connectivity index (χ3n) is 7.20. The fraction of sp³-hybridized carbons (Fsp3) is 0.522. The first kappa shape index (κ1) is 22.5. The van der Waals surface area contributed by atoms with Gasteiger partial charge in [-0.05, 0) is 38.8 Å². The molecule has 11 heteroatoms. The van der Waals surface area contributed by atoms with Crippen LogP contribution in [0.25, 0.3) is 11.0 Å². The van der Waals surface area contributed by atoms with Gasteiger partial charge in [0.1, 0.15) is 5.41 Å². The summed E-state index contributed by atoms with van der Waals surface area (Å²) < 4.78 is 27.2. The van der Waals surface area contributed by atoms with Gasteiger partial charge >= 0.3 is 0 Å². The van der Waals surface area contributed by atoms with Crippen LogP contribution in [0.15, 0.2) is 10.6 Å². The number of piperidine rings is 1. The van der Waals surface area contributed by atoms with E-state index < -0.39 is 53.3 Å². The Balaban J connectivity index is 1.75. The number of aromatic nitrogens is 1. The molecule has 0 radical (unpaired) electrons. The van der Waals surface area contributed by atoms with Gasteiger partial charge in [-0.1, -0.05) is 5.16 Å². The standard InChI is InChI=1S/C23H25FN4O6/c1-5-27(4)21(31)17-13-6-12-8-23(14(29)7-15(30)25-22(23)32)20-11(3)33-10(2)9-28(20)18(12)16(24)19(13)34-26-17/h6,10-11,20H,5,7-9H2,1-4H3,(H,25,30,32)/t10-,11+,20-,23?/m1/s1. The van der Waals surface area contributed by atoms with Crippen molar-refractivity contribution in [1.29, 1.82) is 0 Å². The summed E-state index contributed by atoms with van der Waals surface area (Å²) >= 11 is 0. The van der Waals surface area contributed by atoms with Crippen molar-refractivity contribution >= 4 is 40.2 Å². The highest BCUT2D eigenvalue weighted by Gasteiger charge is 2.62. The quantitative estimate of drug-likeness (QED) is 0.511. The Hall–Kier alpha value is -3.34. The van der Waals surface area contributed by atoms with Crippen LogP contribution in [0.4, 0.5) is 10.1 Å². The van der Waals surface area contributed by atoms with E-state index in [2.05, 4.69) is 10.5 Å². The van der Waals surface area contributed by atoms with E-state index in [1.165, 1.54) is 4.90 Å². The Bertz CT molecular complexity index is 1240. The molecule has 5 rings (SSSR count). The van der Waals surface area contributed by atoms with Gasteiger partial charge in [0.05, 0.1) is 35.7 Å². The van der Waals surface area contributed by atoms with E-state index in [0.717, 1.165) is 0 Å². The van der Waals surface area contributed by atoms with Crippen molar-refractivity contribution < 1.29 is 32.8 Å². The molecule has 0 saturated carbocycles. The van der Waals surface area contributed by atoms with Gasteiger partial charge in [0, 0.05) is 20.1 Å². The third kappa shape index (κ3) is 2.92. The highest BCUT2D eigenvalue weighted by atomic mass is 19.1. The van der Waals surface area contributed by atoms with Crippen molar-refractivity contribution in [3.63, 3.8) is 0 Å². The fourth-order valence-electron chi connectivity index (χ4n) is 5.62. The zero-order valence-corrected chi connectivity index (χ0v) is 19.3. The van der Waals surface area contributed by atoms with Crippen LogP contribution in [0.3, 0.4) is 0 Å². The number of benzene rings is 1. The minimum atomic E-state index is -1.64. The number of ether oxygens (including phenoxy) is 1. The number of carbonyl (C=O) groups is 4. The Kier molecular flexibility index (Phi) is 5.01. The molecule has 180 valence electrons. The van der Waals surface area contributed by atoms with Crippen LogP contribution in [-0.2, 0) is 25.5 Å². The van der Waals surface area contributed by atoms with Crippen molar-refractivity contribution in [3.8, 4) is 0 Å². The van der Waals surface area contributed by atoms with Gasteiger partial charge < -0.3 is 19.1 Å². The average Bonchev–Trinajstić information content (AvgIpc) is 3.19. The van der Waals surface area contributed by atoms with Gasteiger partial charge in [-0.15, -0.1) is 0 Å². The van der Waals surface area contributed by atoms with E-state index in [1.807, 2.05) is 6.92 Å². The van der Waals surface area contributed by atoms with Crippen molar-refractivity contribution in [2.75, 3.05) is 25.0 Å². The first-order valence-electron chi connectivity index (χ1n) is 11.3. The summed E-state index contributed by atoms with van der Waals surface area (Å²) in [4.78, 5) is 54.4. The number of hydrogen-bond donors (Lipinski definition) is 1. The van der Waals surface area contributed by atoms with Crippen molar-refractivity contribution in [2.24, 2.45) is 5.41 Å². The van der Waals surface area contributed by atoms with E-state index in [9.17, 15) is 19.2 Å². The zero-order valence-electron chi connectivity index (χ0n) is 19.3. The SMILES string of the molecule is CCN(C)C(=O)c1noc2c(F)c3c(cc12)CC1(C(=O)CC(=O)NC1=O)[C@H]1[C@H](C)O[C@H](C)CN31. The molecule has 10 nitrogen and oxygen atoms in total.